The van der Waals surface area contributed by atoms with Gasteiger partial charge in [0.05, 0.1) is 0 Å². The van der Waals surface area contributed by atoms with E-state index in [2.05, 4.69) is 104 Å². The van der Waals surface area contributed by atoms with Gasteiger partial charge in [0, 0.05) is 39.0 Å². The van der Waals surface area contributed by atoms with Crippen LogP contribution in [0.1, 0.15) is 24.2 Å². The summed E-state index contributed by atoms with van der Waals surface area (Å²) in [5, 5.41) is 2.00. The van der Waals surface area contributed by atoms with Gasteiger partial charge < -0.3 is 9.15 Å². The number of para-hydroxylation sites is 1. The standard InChI is InChI=1S/C46H31N3O2/c1-46-36(34-17-8-9-22-38(34)51-46)20-12-21-37(46)45-48-43(32-15-6-3-7-16-32)47-44(49-45)35-19-11-24-40-42(35)41-33(18-10-23-39(41)50-40)31-27-25-30(26-28-31)29-13-4-2-5-14-29/h2-28,36H,1H3. The first-order valence-electron chi connectivity index (χ1n) is 17.2. The molecular formula is C46H31N3O2. The molecule has 10 rings (SSSR count). The van der Waals surface area contributed by atoms with Crippen LogP contribution < -0.4 is 4.74 Å². The zero-order chi connectivity index (χ0) is 33.9. The van der Waals surface area contributed by atoms with Gasteiger partial charge in [0.15, 0.2) is 17.5 Å². The van der Waals surface area contributed by atoms with E-state index in [4.69, 9.17) is 24.1 Å². The van der Waals surface area contributed by atoms with Crippen molar-refractivity contribution >= 4 is 27.5 Å². The normalized spacial score (nSPS) is 17.6. The Balaban J connectivity index is 1.17. The fourth-order valence-corrected chi connectivity index (χ4v) is 7.75. The van der Waals surface area contributed by atoms with Crippen molar-refractivity contribution in [2.45, 2.75) is 18.4 Å². The largest absolute Gasteiger partial charge is 0.481 e. The molecule has 1 aliphatic carbocycles. The topological polar surface area (TPSA) is 61.0 Å². The number of allylic oxidation sites excluding steroid dienone is 2. The lowest BCUT2D eigenvalue weighted by molar-refractivity contribution is 0.165. The van der Waals surface area contributed by atoms with E-state index >= 15 is 0 Å². The monoisotopic (exact) mass is 657 g/mol. The number of fused-ring (bicyclic) bond motifs is 6. The van der Waals surface area contributed by atoms with Crippen molar-refractivity contribution in [3.8, 4) is 50.8 Å². The van der Waals surface area contributed by atoms with E-state index < -0.39 is 5.60 Å². The van der Waals surface area contributed by atoms with Crippen molar-refractivity contribution < 1.29 is 9.15 Å². The predicted molar refractivity (Wildman–Crippen MR) is 204 cm³/mol. The Hall–Kier alpha value is -6.59. The summed E-state index contributed by atoms with van der Waals surface area (Å²) in [7, 11) is 0. The third-order valence-electron chi connectivity index (χ3n) is 10.2. The molecule has 2 atom stereocenters. The number of nitrogens with zero attached hydrogens (tertiary/aromatic N) is 3. The van der Waals surface area contributed by atoms with Crippen molar-refractivity contribution in [1.29, 1.82) is 0 Å². The van der Waals surface area contributed by atoms with Crippen LogP contribution in [0.5, 0.6) is 5.75 Å². The Morgan fingerprint density at radius 1 is 0.510 bits per heavy atom. The average Bonchev–Trinajstić information content (AvgIpc) is 3.73. The van der Waals surface area contributed by atoms with Crippen LogP contribution in [0.25, 0.3) is 72.5 Å². The second kappa shape index (κ2) is 11.5. The van der Waals surface area contributed by atoms with Crippen LogP contribution in [-0.2, 0) is 0 Å². The first kappa shape index (κ1) is 29.3. The molecule has 242 valence electrons. The highest BCUT2D eigenvalue weighted by atomic mass is 16.5. The number of benzene rings is 6. The van der Waals surface area contributed by atoms with E-state index in [1.165, 1.54) is 16.7 Å². The first-order chi connectivity index (χ1) is 25.1. The van der Waals surface area contributed by atoms with Crippen LogP contribution in [-0.4, -0.2) is 20.6 Å². The van der Waals surface area contributed by atoms with Crippen LogP contribution >= 0.6 is 0 Å². The lowest BCUT2D eigenvalue weighted by atomic mass is 9.77. The highest BCUT2D eigenvalue weighted by Gasteiger charge is 2.48. The zero-order valence-electron chi connectivity index (χ0n) is 27.8. The van der Waals surface area contributed by atoms with Gasteiger partial charge in [0.2, 0.25) is 0 Å². The minimum Gasteiger partial charge on any atom is -0.481 e. The van der Waals surface area contributed by atoms with Crippen molar-refractivity contribution in [3.63, 3.8) is 0 Å². The molecule has 2 aromatic heterocycles. The van der Waals surface area contributed by atoms with E-state index in [0.29, 0.717) is 17.5 Å². The molecule has 0 N–H and O–H groups in total. The summed E-state index contributed by atoms with van der Waals surface area (Å²) >= 11 is 0. The minimum atomic E-state index is -0.682. The zero-order valence-corrected chi connectivity index (χ0v) is 27.8. The Morgan fingerprint density at radius 3 is 1.86 bits per heavy atom. The fraction of sp³-hybridized carbons (Fsp3) is 0.0652. The molecule has 0 saturated carbocycles. The van der Waals surface area contributed by atoms with Crippen molar-refractivity contribution in [1.82, 2.24) is 15.0 Å². The number of aromatic nitrogens is 3. The summed E-state index contributed by atoms with van der Waals surface area (Å²) < 4.78 is 13.3. The molecule has 2 unspecified atom stereocenters. The Morgan fingerprint density at radius 2 is 1.10 bits per heavy atom. The molecule has 0 fully saturated rings. The molecule has 0 radical (unpaired) electrons. The Kier molecular flexibility index (Phi) is 6.61. The van der Waals surface area contributed by atoms with Crippen molar-refractivity contribution in [3.05, 3.63) is 175 Å². The van der Waals surface area contributed by atoms with Gasteiger partial charge in [-0.25, -0.2) is 15.0 Å². The maximum Gasteiger partial charge on any atom is 0.164 e. The molecule has 3 heterocycles. The quantitative estimate of drug-likeness (QED) is 0.184. The van der Waals surface area contributed by atoms with Gasteiger partial charge in [-0.1, -0.05) is 146 Å². The van der Waals surface area contributed by atoms with Gasteiger partial charge in [-0.2, -0.15) is 0 Å². The maximum atomic E-state index is 6.74. The number of hydrogen-bond donors (Lipinski definition) is 0. The second-order valence-corrected chi connectivity index (χ2v) is 13.3. The van der Waals surface area contributed by atoms with Gasteiger partial charge in [0.1, 0.15) is 22.5 Å². The summed E-state index contributed by atoms with van der Waals surface area (Å²) in [6.45, 7) is 2.14. The van der Waals surface area contributed by atoms with Crippen LogP contribution in [0.3, 0.4) is 0 Å². The summed E-state index contributed by atoms with van der Waals surface area (Å²) in [5.74, 6) is 2.69. The molecular weight excluding hydrogens is 627 g/mol. The molecule has 5 heteroatoms. The summed E-state index contributed by atoms with van der Waals surface area (Å²) in [4.78, 5) is 15.5. The molecule has 0 bridgehead atoms. The van der Waals surface area contributed by atoms with Crippen molar-refractivity contribution in [2.24, 2.45) is 0 Å². The smallest absolute Gasteiger partial charge is 0.164 e. The third kappa shape index (κ3) is 4.73. The van der Waals surface area contributed by atoms with Crippen LogP contribution in [0.15, 0.2) is 168 Å². The number of ether oxygens (including phenoxy) is 1. The van der Waals surface area contributed by atoms with Gasteiger partial charge in [-0.15, -0.1) is 0 Å². The molecule has 8 aromatic rings. The van der Waals surface area contributed by atoms with Crippen LogP contribution in [0.2, 0.25) is 0 Å². The molecule has 0 saturated heterocycles. The predicted octanol–water partition coefficient (Wildman–Crippen LogP) is 11.3. The van der Waals surface area contributed by atoms with Crippen molar-refractivity contribution in [2.75, 3.05) is 0 Å². The van der Waals surface area contributed by atoms with Gasteiger partial charge in [-0.05, 0) is 47.4 Å². The number of hydrogen-bond acceptors (Lipinski definition) is 5. The van der Waals surface area contributed by atoms with E-state index in [1.54, 1.807) is 0 Å². The molecule has 5 nitrogen and oxygen atoms in total. The van der Waals surface area contributed by atoms with Gasteiger partial charge in [-0.3, -0.25) is 0 Å². The highest BCUT2D eigenvalue weighted by Crippen LogP contribution is 2.53. The molecule has 0 spiro atoms. The lowest BCUT2D eigenvalue weighted by Crippen LogP contribution is -2.37. The van der Waals surface area contributed by atoms with E-state index in [-0.39, 0.29) is 5.92 Å². The Labute approximate surface area is 295 Å². The lowest BCUT2D eigenvalue weighted by Gasteiger charge is -2.33. The molecule has 0 amide bonds. The summed E-state index contributed by atoms with van der Waals surface area (Å²) in [6, 6.07) is 49.9. The van der Waals surface area contributed by atoms with E-state index in [0.717, 1.165) is 55.5 Å². The van der Waals surface area contributed by atoms with Crippen LogP contribution in [0.4, 0.5) is 0 Å². The number of furan rings is 1. The number of rotatable bonds is 5. The van der Waals surface area contributed by atoms with E-state index in [1.807, 2.05) is 66.7 Å². The minimum absolute atomic E-state index is 0.0335. The molecule has 2 aliphatic rings. The second-order valence-electron chi connectivity index (χ2n) is 13.3. The fourth-order valence-electron chi connectivity index (χ4n) is 7.75. The summed E-state index contributed by atoms with van der Waals surface area (Å²) in [5.41, 5.74) is 9.33. The van der Waals surface area contributed by atoms with Crippen LogP contribution in [0, 0.1) is 0 Å². The third-order valence-corrected chi connectivity index (χ3v) is 10.2. The molecule has 1 aliphatic heterocycles. The van der Waals surface area contributed by atoms with E-state index in [9.17, 15) is 0 Å². The van der Waals surface area contributed by atoms with Gasteiger partial charge >= 0.3 is 0 Å². The molecule has 51 heavy (non-hydrogen) atoms. The first-order valence-corrected chi connectivity index (χ1v) is 17.2. The molecule has 6 aromatic carbocycles. The highest BCUT2D eigenvalue weighted by molar-refractivity contribution is 6.17. The average molecular weight is 658 g/mol. The summed E-state index contributed by atoms with van der Waals surface area (Å²) in [6.07, 6.45) is 6.39. The maximum absolute atomic E-state index is 6.74. The SMILES string of the molecule is CC12Oc3ccccc3C1C=CC=C2c1nc(-c2ccccc2)nc(-c2cccc3oc4cccc(-c5ccc(-c6ccccc6)cc5)c4c23)n1. The Bertz CT molecular complexity index is 2680. The van der Waals surface area contributed by atoms with Gasteiger partial charge in [0.25, 0.3) is 0 Å².